The first kappa shape index (κ1) is 11.9. The maximum absolute atomic E-state index is 4.45. The zero-order valence-corrected chi connectivity index (χ0v) is 11.5. The molecular weight excluding hydrogens is 260 g/mol. The smallest absolute Gasteiger partial charge is 0.226 e. The van der Waals surface area contributed by atoms with E-state index in [0.717, 1.165) is 16.9 Å². The number of aromatic nitrogens is 4. The molecule has 0 fully saturated rings. The lowest BCUT2D eigenvalue weighted by Crippen LogP contribution is -2.08. The average Bonchev–Trinajstić information content (AvgIpc) is 3.09. The second kappa shape index (κ2) is 4.85. The van der Waals surface area contributed by atoms with Crippen LogP contribution >= 0.6 is 11.3 Å². The molecule has 0 aliphatic heterocycles. The van der Waals surface area contributed by atoms with Crippen molar-refractivity contribution in [3.63, 3.8) is 0 Å². The van der Waals surface area contributed by atoms with Crippen molar-refractivity contribution < 1.29 is 0 Å². The van der Waals surface area contributed by atoms with Crippen LogP contribution < -0.4 is 10.6 Å². The molecule has 0 spiro atoms. The Morgan fingerprint density at radius 2 is 2.26 bits per heavy atom. The van der Waals surface area contributed by atoms with Gasteiger partial charge in [0.2, 0.25) is 5.95 Å². The Morgan fingerprint density at radius 3 is 3.00 bits per heavy atom. The van der Waals surface area contributed by atoms with Crippen molar-refractivity contribution in [3.8, 4) is 0 Å². The van der Waals surface area contributed by atoms with Gasteiger partial charge in [0.15, 0.2) is 5.65 Å². The highest BCUT2D eigenvalue weighted by Gasteiger charge is 2.12. The molecule has 19 heavy (non-hydrogen) atoms. The van der Waals surface area contributed by atoms with Gasteiger partial charge in [0.1, 0.15) is 5.82 Å². The molecule has 0 aliphatic carbocycles. The number of rotatable bonds is 4. The molecule has 0 saturated heterocycles. The number of nitrogens with one attached hydrogen (secondary N) is 3. The van der Waals surface area contributed by atoms with Gasteiger partial charge in [-0.15, -0.1) is 11.3 Å². The molecule has 0 radical (unpaired) electrons. The summed E-state index contributed by atoms with van der Waals surface area (Å²) in [4.78, 5) is 10.0. The van der Waals surface area contributed by atoms with Crippen molar-refractivity contribution in [2.24, 2.45) is 0 Å². The third-order valence-corrected chi connectivity index (χ3v) is 3.91. The summed E-state index contributed by atoms with van der Waals surface area (Å²) in [7, 11) is 1.80. The molecule has 0 aromatic carbocycles. The van der Waals surface area contributed by atoms with Crippen LogP contribution in [0.3, 0.4) is 0 Å². The minimum absolute atomic E-state index is 0.192. The van der Waals surface area contributed by atoms with Crippen molar-refractivity contribution in [2.45, 2.75) is 13.0 Å². The molecule has 1 atom stereocenters. The van der Waals surface area contributed by atoms with E-state index in [1.807, 2.05) is 6.07 Å². The molecule has 0 aliphatic rings. The molecule has 0 bridgehead atoms. The maximum Gasteiger partial charge on any atom is 0.226 e. The highest BCUT2D eigenvalue weighted by molar-refractivity contribution is 7.10. The van der Waals surface area contributed by atoms with E-state index in [1.165, 1.54) is 4.88 Å². The number of anilines is 2. The summed E-state index contributed by atoms with van der Waals surface area (Å²) in [6, 6.07) is 4.34. The fourth-order valence-corrected chi connectivity index (χ4v) is 2.61. The van der Waals surface area contributed by atoms with E-state index >= 15 is 0 Å². The number of hydrogen-bond acceptors (Lipinski definition) is 6. The Hall–Kier alpha value is -2.15. The van der Waals surface area contributed by atoms with Gasteiger partial charge in [-0.25, -0.2) is 0 Å². The lowest BCUT2D eigenvalue weighted by Gasteiger charge is -2.14. The number of thiophene rings is 1. The molecule has 3 aromatic rings. The number of hydrogen-bond donors (Lipinski definition) is 3. The summed E-state index contributed by atoms with van der Waals surface area (Å²) in [6.45, 7) is 2.11. The van der Waals surface area contributed by atoms with E-state index in [4.69, 9.17) is 0 Å². The van der Waals surface area contributed by atoms with Crippen molar-refractivity contribution >= 4 is 34.1 Å². The van der Waals surface area contributed by atoms with Gasteiger partial charge in [-0.1, -0.05) is 6.07 Å². The molecule has 3 rings (SSSR count). The molecule has 0 saturated carbocycles. The van der Waals surface area contributed by atoms with Crippen LogP contribution in [0.25, 0.3) is 11.0 Å². The largest absolute Gasteiger partial charge is 0.362 e. The Morgan fingerprint density at radius 1 is 1.37 bits per heavy atom. The Kier molecular flexibility index (Phi) is 3.04. The number of aromatic amines is 1. The number of fused-ring (bicyclic) bond motifs is 1. The molecule has 6 nitrogen and oxygen atoms in total. The first-order valence-corrected chi connectivity index (χ1v) is 6.84. The van der Waals surface area contributed by atoms with Crippen LogP contribution in [0.1, 0.15) is 17.8 Å². The lowest BCUT2D eigenvalue weighted by molar-refractivity contribution is 0.898. The van der Waals surface area contributed by atoms with Crippen LogP contribution in [0.5, 0.6) is 0 Å². The first-order valence-electron chi connectivity index (χ1n) is 5.96. The van der Waals surface area contributed by atoms with Crippen molar-refractivity contribution in [2.75, 3.05) is 17.7 Å². The molecule has 3 N–H and O–H groups in total. The quantitative estimate of drug-likeness (QED) is 0.681. The highest BCUT2D eigenvalue weighted by atomic mass is 32.1. The average molecular weight is 274 g/mol. The molecule has 0 amide bonds. The summed E-state index contributed by atoms with van der Waals surface area (Å²) in [5.74, 6) is 1.35. The van der Waals surface area contributed by atoms with E-state index in [1.54, 1.807) is 24.6 Å². The zero-order chi connectivity index (χ0) is 13.2. The monoisotopic (exact) mass is 274 g/mol. The van der Waals surface area contributed by atoms with Crippen molar-refractivity contribution in [3.05, 3.63) is 28.6 Å². The van der Waals surface area contributed by atoms with Gasteiger partial charge in [0.25, 0.3) is 0 Å². The Labute approximate surface area is 114 Å². The normalized spacial score (nSPS) is 12.5. The third-order valence-electron chi connectivity index (χ3n) is 2.86. The van der Waals surface area contributed by atoms with Gasteiger partial charge in [-0.2, -0.15) is 15.1 Å². The van der Waals surface area contributed by atoms with Gasteiger partial charge >= 0.3 is 0 Å². The predicted molar refractivity (Wildman–Crippen MR) is 77.6 cm³/mol. The topological polar surface area (TPSA) is 78.5 Å². The number of H-pyrrole nitrogens is 1. The Balaban J connectivity index is 1.97. The van der Waals surface area contributed by atoms with Gasteiger partial charge in [0.05, 0.1) is 17.6 Å². The standard InChI is InChI=1S/C12H14N6S/c1-7(9-4-3-5-19-9)15-10-8-6-14-18-11(8)17-12(13-2)16-10/h3-7H,1-2H3,(H3,13,14,15,16,17,18). The van der Waals surface area contributed by atoms with Crippen LogP contribution in [0.4, 0.5) is 11.8 Å². The molecule has 98 valence electrons. The molecule has 1 unspecified atom stereocenters. The van der Waals surface area contributed by atoms with Crippen LogP contribution in [-0.4, -0.2) is 27.2 Å². The van der Waals surface area contributed by atoms with E-state index < -0.39 is 0 Å². The van der Waals surface area contributed by atoms with E-state index in [9.17, 15) is 0 Å². The van der Waals surface area contributed by atoms with Gasteiger partial charge in [-0.3, -0.25) is 5.10 Å². The number of nitrogens with zero attached hydrogens (tertiary/aromatic N) is 3. The summed E-state index contributed by atoms with van der Waals surface area (Å²) >= 11 is 1.72. The summed E-state index contributed by atoms with van der Waals surface area (Å²) in [5.41, 5.74) is 0.722. The fraction of sp³-hybridized carbons (Fsp3) is 0.250. The van der Waals surface area contributed by atoms with Gasteiger partial charge in [-0.05, 0) is 18.4 Å². The van der Waals surface area contributed by atoms with E-state index in [0.29, 0.717) is 5.95 Å². The second-order valence-corrected chi connectivity index (χ2v) is 5.14. The second-order valence-electron chi connectivity index (χ2n) is 4.16. The molecule has 3 heterocycles. The molecule has 7 heteroatoms. The zero-order valence-electron chi connectivity index (χ0n) is 10.6. The Bertz CT molecular complexity index is 675. The van der Waals surface area contributed by atoms with E-state index in [-0.39, 0.29) is 6.04 Å². The third kappa shape index (κ3) is 2.24. The van der Waals surface area contributed by atoms with Crippen LogP contribution in [-0.2, 0) is 0 Å². The SMILES string of the molecule is CNc1nc(NC(C)c2cccs2)c2cn[nH]c2n1. The van der Waals surface area contributed by atoms with Gasteiger partial charge in [0, 0.05) is 11.9 Å². The highest BCUT2D eigenvalue weighted by Crippen LogP contribution is 2.26. The van der Waals surface area contributed by atoms with Crippen molar-refractivity contribution in [1.29, 1.82) is 0 Å². The summed E-state index contributed by atoms with van der Waals surface area (Å²) < 4.78 is 0. The fourth-order valence-electron chi connectivity index (χ4n) is 1.87. The van der Waals surface area contributed by atoms with E-state index in [2.05, 4.69) is 49.2 Å². The maximum atomic E-state index is 4.45. The minimum atomic E-state index is 0.192. The predicted octanol–water partition coefficient (Wildman–Crippen LogP) is 2.63. The first-order chi connectivity index (χ1) is 9.28. The molecular formula is C12H14N6S. The van der Waals surface area contributed by atoms with Crippen LogP contribution in [0.15, 0.2) is 23.7 Å². The van der Waals surface area contributed by atoms with Gasteiger partial charge < -0.3 is 10.6 Å². The van der Waals surface area contributed by atoms with Crippen LogP contribution in [0, 0.1) is 0 Å². The summed E-state index contributed by atoms with van der Waals surface area (Å²) in [5, 5.41) is 16.2. The summed E-state index contributed by atoms with van der Waals surface area (Å²) in [6.07, 6.45) is 1.73. The lowest BCUT2D eigenvalue weighted by atomic mass is 10.2. The molecule has 3 aromatic heterocycles. The minimum Gasteiger partial charge on any atom is -0.362 e. The van der Waals surface area contributed by atoms with Crippen LogP contribution in [0.2, 0.25) is 0 Å². The van der Waals surface area contributed by atoms with Crippen molar-refractivity contribution in [1.82, 2.24) is 20.2 Å².